The van der Waals surface area contributed by atoms with Crippen LogP contribution in [0.15, 0.2) is 42.9 Å². The summed E-state index contributed by atoms with van der Waals surface area (Å²) in [6.45, 7) is 1.70. The van der Waals surface area contributed by atoms with Crippen LogP contribution in [0.4, 0.5) is 26.3 Å². The summed E-state index contributed by atoms with van der Waals surface area (Å²) in [7, 11) is 0. The molecule has 17 heteroatoms. The molecule has 5 rings (SSSR count). The molecular formula is C22H19F6N7O4. The lowest BCUT2D eigenvalue weighted by atomic mass is 10.1. The molecule has 2 N–H and O–H groups in total. The molecule has 1 aromatic carbocycles. The second-order valence-corrected chi connectivity index (χ2v) is 8.50. The molecule has 1 saturated heterocycles. The van der Waals surface area contributed by atoms with Gasteiger partial charge in [0.15, 0.2) is 5.82 Å². The minimum Gasteiger partial charge on any atom is -0.475 e. The average molecular weight is 559 g/mol. The summed E-state index contributed by atoms with van der Waals surface area (Å²) < 4.78 is 75.0. The Morgan fingerprint density at radius 1 is 1.21 bits per heavy atom. The SMILES string of the molecule is O=C(O)C(F)(F)F.O=C1c2nc(-c3cccc(OC(F)(F)F)c3)ncc2CN1[C@H]1CN[C@H](Cn2ccnn2)C1. The van der Waals surface area contributed by atoms with Crippen LogP contribution in [0.25, 0.3) is 11.4 Å². The van der Waals surface area contributed by atoms with Gasteiger partial charge in [0, 0.05) is 42.1 Å². The molecule has 0 saturated carbocycles. The molecule has 1 fully saturated rings. The topological polar surface area (TPSA) is 135 Å². The number of carboxylic acids is 1. The van der Waals surface area contributed by atoms with Crippen molar-refractivity contribution in [2.24, 2.45) is 0 Å². The number of benzene rings is 1. The highest BCUT2D eigenvalue weighted by Crippen LogP contribution is 2.30. The van der Waals surface area contributed by atoms with Crippen LogP contribution in [-0.4, -0.2) is 78.0 Å². The lowest BCUT2D eigenvalue weighted by Crippen LogP contribution is -2.37. The van der Waals surface area contributed by atoms with Crippen LogP contribution >= 0.6 is 0 Å². The van der Waals surface area contributed by atoms with E-state index in [1.807, 2.05) is 0 Å². The quantitative estimate of drug-likeness (QED) is 0.453. The number of nitrogens with zero attached hydrogens (tertiary/aromatic N) is 6. The highest BCUT2D eigenvalue weighted by molar-refractivity contribution is 5.97. The van der Waals surface area contributed by atoms with Crippen LogP contribution < -0.4 is 10.1 Å². The van der Waals surface area contributed by atoms with Gasteiger partial charge in [0.05, 0.1) is 19.3 Å². The molecule has 2 aliphatic rings. The van der Waals surface area contributed by atoms with Gasteiger partial charge in [-0.25, -0.2) is 14.8 Å². The molecule has 1 amide bonds. The first-order valence-corrected chi connectivity index (χ1v) is 11.2. The number of nitrogens with one attached hydrogen (secondary N) is 1. The van der Waals surface area contributed by atoms with E-state index < -0.39 is 18.5 Å². The first kappa shape index (κ1) is 27.7. The van der Waals surface area contributed by atoms with E-state index in [1.165, 1.54) is 18.2 Å². The highest BCUT2D eigenvalue weighted by atomic mass is 19.4. The van der Waals surface area contributed by atoms with Crippen LogP contribution in [0.2, 0.25) is 0 Å². The van der Waals surface area contributed by atoms with E-state index in [0.717, 1.165) is 6.42 Å². The molecule has 39 heavy (non-hydrogen) atoms. The third-order valence-corrected chi connectivity index (χ3v) is 5.76. The Labute approximate surface area is 215 Å². The molecule has 2 atom stereocenters. The monoisotopic (exact) mass is 559 g/mol. The van der Waals surface area contributed by atoms with Crippen LogP contribution in [0.3, 0.4) is 0 Å². The van der Waals surface area contributed by atoms with E-state index in [9.17, 15) is 31.1 Å². The van der Waals surface area contributed by atoms with Crippen LogP contribution in [0.1, 0.15) is 22.5 Å². The van der Waals surface area contributed by atoms with Gasteiger partial charge in [0.25, 0.3) is 5.91 Å². The number of halogens is 6. The highest BCUT2D eigenvalue weighted by Gasteiger charge is 2.39. The minimum atomic E-state index is -5.08. The average Bonchev–Trinajstić information content (AvgIpc) is 3.59. The molecule has 4 heterocycles. The van der Waals surface area contributed by atoms with Crippen molar-refractivity contribution in [3.05, 3.63) is 54.1 Å². The van der Waals surface area contributed by atoms with Gasteiger partial charge in [0.2, 0.25) is 0 Å². The molecule has 208 valence electrons. The molecule has 0 bridgehead atoms. The first-order valence-electron chi connectivity index (χ1n) is 11.2. The predicted octanol–water partition coefficient (Wildman–Crippen LogP) is 2.65. The molecule has 0 radical (unpaired) electrons. The summed E-state index contributed by atoms with van der Waals surface area (Å²) in [5.41, 5.74) is 1.30. The molecule has 11 nitrogen and oxygen atoms in total. The summed E-state index contributed by atoms with van der Waals surface area (Å²) in [4.78, 5) is 32.3. The summed E-state index contributed by atoms with van der Waals surface area (Å²) >= 11 is 0. The van der Waals surface area contributed by atoms with Crippen LogP contribution in [-0.2, 0) is 17.9 Å². The van der Waals surface area contributed by atoms with Crippen molar-refractivity contribution < 1.29 is 45.8 Å². The summed E-state index contributed by atoms with van der Waals surface area (Å²) in [5.74, 6) is -3.17. The smallest absolute Gasteiger partial charge is 0.475 e. The van der Waals surface area contributed by atoms with Crippen LogP contribution in [0.5, 0.6) is 5.75 Å². The lowest BCUT2D eigenvalue weighted by molar-refractivity contribution is -0.274. The number of amides is 1. The van der Waals surface area contributed by atoms with Crippen molar-refractivity contribution in [2.45, 2.75) is 44.1 Å². The Morgan fingerprint density at radius 3 is 2.59 bits per heavy atom. The number of carboxylic acid groups (broad SMARTS) is 1. The fraction of sp³-hybridized carbons (Fsp3) is 0.364. The van der Waals surface area contributed by atoms with E-state index >= 15 is 0 Å². The van der Waals surface area contributed by atoms with E-state index in [4.69, 9.17) is 9.90 Å². The Hall–Kier alpha value is -4.28. The van der Waals surface area contributed by atoms with Gasteiger partial charge in [-0.1, -0.05) is 17.3 Å². The largest absolute Gasteiger partial charge is 0.573 e. The minimum absolute atomic E-state index is 0.00261. The Bertz CT molecular complexity index is 1330. The molecule has 0 aliphatic carbocycles. The number of rotatable bonds is 5. The molecule has 0 spiro atoms. The van der Waals surface area contributed by atoms with Crippen molar-refractivity contribution in [3.8, 4) is 17.1 Å². The predicted molar refractivity (Wildman–Crippen MR) is 118 cm³/mol. The van der Waals surface area contributed by atoms with Gasteiger partial charge in [0.1, 0.15) is 11.4 Å². The number of carbonyl (C=O) groups excluding carboxylic acids is 1. The Balaban J connectivity index is 0.000000448. The van der Waals surface area contributed by atoms with Gasteiger partial charge in [-0.15, -0.1) is 18.3 Å². The number of alkyl halides is 6. The van der Waals surface area contributed by atoms with E-state index in [2.05, 4.69) is 30.3 Å². The van der Waals surface area contributed by atoms with Gasteiger partial charge in [-0.05, 0) is 18.6 Å². The van der Waals surface area contributed by atoms with Gasteiger partial charge in [-0.2, -0.15) is 13.2 Å². The molecule has 2 aliphatic heterocycles. The van der Waals surface area contributed by atoms with Gasteiger partial charge >= 0.3 is 18.5 Å². The number of hydrogen-bond donors (Lipinski definition) is 2. The van der Waals surface area contributed by atoms with Crippen molar-refractivity contribution in [2.75, 3.05) is 6.54 Å². The van der Waals surface area contributed by atoms with Crippen LogP contribution in [0, 0.1) is 0 Å². The van der Waals surface area contributed by atoms with Crippen molar-refractivity contribution in [1.29, 1.82) is 0 Å². The first-order chi connectivity index (χ1) is 18.3. The summed E-state index contributed by atoms with van der Waals surface area (Å²) in [6, 6.07) is 5.54. The number of aliphatic carboxylic acids is 1. The zero-order valence-corrected chi connectivity index (χ0v) is 19.6. The maximum Gasteiger partial charge on any atom is 0.573 e. The molecule has 3 aromatic rings. The standard InChI is InChI=1S/C20H18F3N7O2.C2HF3O2/c21-20(22,23)32-16-3-1-2-12(6-16)18-25-8-13-10-30(19(31)17(13)27-18)15-7-14(24-9-15)11-29-5-4-26-28-29;3-2(4,5)1(6)7/h1-6,8,14-15,24H,7,9-11H2;(H,6,7)/t14-,15+;/m0./s1. The Morgan fingerprint density at radius 2 is 1.95 bits per heavy atom. The third-order valence-electron chi connectivity index (χ3n) is 5.76. The summed E-state index contributed by atoms with van der Waals surface area (Å²) in [5, 5.41) is 18.3. The second-order valence-electron chi connectivity index (χ2n) is 8.50. The second kappa shape index (κ2) is 10.8. The zero-order chi connectivity index (χ0) is 28.4. The number of fused-ring (bicyclic) bond motifs is 1. The normalized spacial score (nSPS) is 18.9. The van der Waals surface area contributed by atoms with E-state index in [-0.39, 0.29) is 35.3 Å². The fourth-order valence-electron chi connectivity index (χ4n) is 4.10. The summed E-state index contributed by atoms with van der Waals surface area (Å²) in [6.07, 6.45) is -4.15. The van der Waals surface area contributed by atoms with E-state index in [1.54, 1.807) is 34.2 Å². The van der Waals surface area contributed by atoms with Crippen molar-refractivity contribution in [1.82, 2.24) is 35.2 Å². The number of carbonyl (C=O) groups is 2. The number of ether oxygens (including phenoxy) is 1. The number of aromatic nitrogens is 5. The maximum absolute atomic E-state index is 13.1. The molecule has 0 unspecified atom stereocenters. The van der Waals surface area contributed by atoms with Crippen molar-refractivity contribution >= 4 is 11.9 Å². The Kier molecular flexibility index (Phi) is 7.71. The third kappa shape index (κ3) is 6.98. The van der Waals surface area contributed by atoms with Gasteiger partial charge < -0.3 is 20.1 Å². The fourth-order valence-corrected chi connectivity index (χ4v) is 4.10. The zero-order valence-electron chi connectivity index (χ0n) is 19.6. The van der Waals surface area contributed by atoms with Crippen molar-refractivity contribution in [3.63, 3.8) is 0 Å². The van der Waals surface area contributed by atoms with E-state index in [0.29, 0.717) is 30.8 Å². The molecular weight excluding hydrogens is 540 g/mol. The lowest BCUT2D eigenvalue weighted by Gasteiger charge is -2.22. The van der Waals surface area contributed by atoms with Gasteiger partial charge in [-0.3, -0.25) is 9.48 Å². The number of hydrogen-bond acceptors (Lipinski definition) is 8. The maximum atomic E-state index is 13.1. The molecule has 2 aromatic heterocycles.